The van der Waals surface area contributed by atoms with Gasteiger partial charge in [-0.2, -0.15) is 5.26 Å². The van der Waals surface area contributed by atoms with Crippen LogP contribution in [-0.4, -0.2) is 41.3 Å². The number of rotatable bonds is 3. The van der Waals surface area contributed by atoms with Crippen LogP contribution in [0.5, 0.6) is 0 Å². The lowest BCUT2D eigenvalue weighted by Gasteiger charge is -2.28. The minimum atomic E-state index is -0.874. The first-order chi connectivity index (χ1) is 8.22. The second kappa shape index (κ2) is 5.37. The molecule has 0 saturated carbocycles. The van der Waals surface area contributed by atoms with Gasteiger partial charge in [0.15, 0.2) is 6.19 Å². The first-order valence-corrected chi connectivity index (χ1v) is 6.21. The first-order valence-electron chi connectivity index (χ1n) is 6.21. The van der Waals surface area contributed by atoms with Crippen LogP contribution in [0.1, 0.15) is 32.1 Å². The summed E-state index contributed by atoms with van der Waals surface area (Å²) in [5.41, 5.74) is 0. The Balaban J connectivity index is 1.92. The van der Waals surface area contributed by atoms with Crippen molar-refractivity contribution in [3.8, 4) is 6.19 Å². The van der Waals surface area contributed by atoms with Gasteiger partial charge in [0, 0.05) is 19.3 Å². The Morgan fingerprint density at radius 2 is 2.06 bits per heavy atom. The van der Waals surface area contributed by atoms with E-state index in [-0.39, 0.29) is 6.04 Å². The molecule has 2 aliphatic rings. The van der Waals surface area contributed by atoms with Gasteiger partial charge in [-0.1, -0.05) is 0 Å². The van der Waals surface area contributed by atoms with Crippen LogP contribution in [0.25, 0.3) is 0 Å². The highest BCUT2D eigenvalue weighted by atomic mass is 16.5. The molecule has 0 bridgehead atoms. The lowest BCUT2D eigenvalue weighted by atomic mass is 9.92. The average Bonchev–Trinajstić information content (AvgIpc) is 2.73. The average molecular weight is 238 g/mol. The van der Waals surface area contributed by atoms with Gasteiger partial charge in [-0.05, 0) is 38.0 Å². The molecule has 2 rings (SSSR count). The van der Waals surface area contributed by atoms with Gasteiger partial charge in [-0.25, -0.2) is 4.79 Å². The van der Waals surface area contributed by atoms with E-state index in [4.69, 9.17) is 15.1 Å². The molecule has 5 heteroatoms. The Hall–Kier alpha value is -1.28. The van der Waals surface area contributed by atoms with Crippen molar-refractivity contribution in [1.29, 1.82) is 5.26 Å². The van der Waals surface area contributed by atoms with Crippen LogP contribution < -0.4 is 0 Å². The summed E-state index contributed by atoms with van der Waals surface area (Å²) in [5.74, 6) is -0.293. The minimum Gasteiger partial charge on any atom is -0.480 e. The van der Waals surface area contributed by atoms with E-state index < -0.39 is 12.0 Å². The first kappa shape index (κ1) is 12.2. The highest BCUT2D eigenvalue weighted by Crippen LogP contribution is 2.31. The second-order valence-corrected chi connectivity index (χ2v) is 4.88. The molecule has 17 heavy (non-hydrogen) atoms. The number of carbonyl (C=O) groups is 1. The molecule has 0 aromatic heterocycles. The van der Waals surface area contributed by atoms with Gasteiger partial charge < -0.3 is 9.84 Å². The van der Waals surface area contributed by atoms with Crippen LogP contribution in [-0.2, 0) is 9.53 Å². The van der Waals surface area contributed by atoms with E-state index in [0.29, 0.717) is 12.3 Å². The Kier molecular flexibility index (Phi) is 3.85. The molecule has 5 nitrogen and oxygen atoms in total. The Morgan fingerprint density at radius 3 is 2.65 bits per heavy atom. The van der Waals surface area contributed by atoms with E-state index in [1.807, 2.05) is 0 Å². The molecule has 0 spiro atoms. The smallest absolute Gasteiger partial charge is 0.327 e. The van der Waals surface area contributed by atoms with Gasteiger partial charge in [-0.15, -0.1) is 0 Å². The molecule has 2 atom stereocenters. The molecule has 2 saturated heterocycles. The number of aliphatic carboxylic acids is 1. The normalized spacial score (nSPS) is 30.2. The zero-order valence-corrected chi connectivity index (χ0v) is 9.84. The number of hydrogen-bond acceptors (Lipinski definition) is 4. The quantitative estimate of drug-likeness (QED) is 0.748. The topological polar surface area (TPSA) is 73.6 Å². The monoisotopic (exact) mass is 238 g/mol. The Bertz CT molecular complexity index is 320. The summed E-state index contributed by atoms with van der Waals surface area (Å²) in [5, 5.41) is 18.1. The Labute approximate surface area is 101 Å². The molecular weight excluding hydrogens is 220 g/mol. The third-order valence-corrected chi connectivity index (χ3v) is 3.85. The predicted molar refractivity (Wildman–Crippen MR) is 60.1 cm³/mol. The number of ether oxygens (including phenoxy) is 1. The van der Waals surface area contributed by atoms with Crippen molar-refractivity contribution in [1.82, 2.24) is 4.90 Å². The van der Waals surface area contributed by atoms with Gasteiger partial charge in [0.1, 0.15) is 6.04 Å². The lowest BCUT2D eigenvalue weighted by Crippen LogP contribution is -2.38. The molecule has 94 valence electrons. The number of carboxylic acids is 1. The molecule has 2 heterocycles. The molecule has 2 fully saturated rings. The molecule has 0 radical (unpaired) electrons. The van der Waals surface area contributed by atoms with Crippen LogP contribution in [0.3, 0.4) is 0 Å². The maximum absolute atomic E-state index is 11.0. The van der Waals surface area contributed by atoms with Crippen LogP contribution in [0.15, 0.2) is 0 Å². The molecule has 0 aromatic rings. The summed E-state index contributed by atoms with van der Waals surface area (Å²) in [6, 6.07) is -0.492. The maximum Gasteiger partial charge on any atom is 0.327 e. The van der Waals surface area contributed by atoms with E-state index in [1.54, 1.807) is 0 Å². The third kappa shape index (κ3) is 2.70. The summed E-state index contributed by atoms with van der Waals surface area (Å²) in [7, 11) is 0. The standard InChI is InChI=1S/C12H18N2O3/c13-8-14-10(1-2-11(14)12(15)16)7-9-3-5-17-6-4-9/h9-11H,1-7H2,(H,15,16). The molecule has 1 N–H and O–H groups in total. The third-order valence-electron chi connectivity index (χ3n) is 3.85. The van der Waals surface area contributed by atoms with Crippen molar-refractivity contribution in [3.05, 3.63) is 0 Å². The zero-order valence-electron chi connectivity index (χ0n) is 9.84. The summed E-state index contributed by atoms with van der Waals surface area (Å²) in [6.45, 7) is 1.60. The highest BCUT2D eigenvalue weighted by Gasteiger charge is 2.38. The number of hydrogen-bond donors (Lipinski definition) is 1. The van der Waals surface area contributed by atoms with E-state index >= 15 is 0 Å². The van der Waals surface area contributed by atoms with Crippen molar-refractivity contribution < 1.29 is 14.6 Å². The van der Waals surface area contributed by atoms with Gasteiger partial charge in [0.05, 0.1) is 0 Å². The maximum atomic E-state index is 11.0. The summed E-state index contributed by atoms with van der Waals surface area (Å²) in [4.78, 5) is 12.5. The predicted octanol–water partition coefficient (Wildman–Crippen LogP) is 1.20. The lowest BCUT2D eigenvalue weighted by molar-refractivity contribution is -0.141. The van der Waals surface area contributed by atoms with Crippen LogP contribution in [0.2, 0.25) is 0 Å². The van der Waals surface area contributed by atoms with Gasteiger partial charge in [-0.3, -0.25) is 4.90 Å². The van der Waals surface area contributed by atoms with Crippen molar-refractivity contribution >= 4 is 5.97 Å². The fourth-order valence-electron chi connectivity index (χ4n) is 2.87. The molecule has 2 unspecified atom stereocenters. The van der Waals surface area contributed by atoms with E-state index in [2.05, 4.69) is 6.19 Å². The number of nitriles is 1. The molecule has 0 aromatic carbocycles. The van der Waals surface area contributed by atoms with Crippen molar-refractivity contribution in [2.45, 2.75) is 44.2 Å². The number of carboxylic acid groups (broad SMARTS) is 1. The van der Waals surface area contributed by atoms with Gasteiger partial charge in [0.25, 0.3) is 0 Å². The van der Waals surface area contributed by atoms with Crippen molar-refractivity contribution in [2.24, 2.45) is 5.92 Å². The van der Waals surface area contributed by atoms with Gasteiger partial charge >= 0.3 is 5.97 Å². The largest absolute Gasteiger partial charge is 0.480 e. The van der Waals surface area contributed by atoms with Crippen LogP contribution >= 0.6 is 0 Å². The van der Waals surface area contributed by atoms with E-state index in [1.165, 1.54) is 4.90 Å². The number of nitrogens with zero attached hydrogens (tertiary/aromatic N) is 2. The fraction of sp³-hybridized carbons (Fsp3) is 0.833. The van der Waals surface area contributed by atoms with Gasteiger partial charge in [0.2, 0.25) is 0 Å². The van der Waals surface area contributed by atoms with E-state index in [9.17, 15) is 4.79 Å². The van der Waals surface area contributed by atoms with Crippen LogP contribution in [0.4, 0.5) is 0 Å². The van der Waals surface area contributed by atoms with E-state index in [0.717, 1.165) is 38.9 Å². The van der Waals surface area contributed by atoms with Crippen molar-refractivity contribution in [2.75, 3.05) is 13.2 Å². The summed E-state index contributed by atoms with van der Waals surface area (Å²) in [6.07, 6.45) is 6.47. The molecule has 0 amide bonds. The highest BCUT2D eigenvalue weighted by molar-refractivity contribution is 5.74. The molecule has 0 aliphatic carbocycles. The zero-order chi connectivity index (χ0) is 12.3. The molecule has 2 aliphatic heterocycles. The SMILES string of the molecule is N#CN1C(CC2CCOCC2)CCC1C(=O)O. The molecular formula is C12H18N2O3. The van der Waals surface area contributed by atoms with Crippen molar-refractivity contribution in [3.63, 3.8) is 0 Å². The number of likely N-dealkylation sites (tertiary alicyclic amines) is 1. The Morgan fingerprint density at radius 1 is 1.35 bits per heavy atom. The van der Waals surface area contributed by atoms with Crippen LogP contribution in [0, 0.1) is 17.4 Å². The second-order valence-electron chi connectivity index (χ2n) is 4.88. The summed E-state index contributed by atoms with van der Waals surface area (Å²) < 4.78 is 5.30. The fourth-order valence-corrected chi connectivity index (χ4v) is 2.87. The summed E-state index contributed by atoms with van der Waals surface area (Å²) >= 11 is 0. The minimum absolute atomic E-state index is 0.115.